The molecule has 2 N–H and O–H groups in total. The zero-order chi connectivity index (χ0) is 13.2. The molecule has 1 unspecified atom stereocenters. The van der Waals surface area contributed by atoms with Gasteiger partial charge in [-0.1, -0.05) is 13.8 Å². The average Bonchev–Trinajstić information content (AvgIpc) is 2.55. The predicted octanol–water partition coefficient (Wildman–Crippen LogP) is 2.54. The van der Waals surface area contributed by atoms with Crippen molar-refractivity contribution in [3.05, 3.63) is 17.5 Å². The molecule has 0 aromatic carbocycles. The lowest BCUT2D eigenvalue weighted by Crippen LogP contribution is -2.25. The lowest BCUT2D eigenvalue weighted by Gasteiger charge is -2.19. The zero-order valence-electron chi connectivity index (χ0n) is 10.3. The number of nitrogens with two attached hydrogens (primary N) is 1. The van der Waals surface area contributed by atoms with Gasteiger partial charge in [-0.05, 0) is 24.9 Å². The second-order valence-electron chi connectivity index (χ2n) is 4.44. The van der Waals surface area contributed by atoms with Crippen LogP contribution in [0, 0.1) is 0 Å². The van der Waals surface area contributed by atoms with Gasteiger partial charge in [-0.3, -0.25) is 4.68 Å². The highest BCUT2D eigenvalue weighted by Crippen LogP contribution is 2.37. The normalized spacial score (nSPS) is 14.4. The van der Waals surface area contributed by atoms with Crippen LogP contribution in [0.3, 0.4) is 0 Å². The van der Waals surface area contributed by atoms with Gasteiger partial charge in [-0.2, -0.15) is 18.3 Å². The molecule has 1 heterocycles. The fraction of sp³-hybridized carbons (Fsp3) is 0.727. The van der Waals surface area contributed by atoms with Crippen LogP contribution < -0.4 is 5.73 Å². The molecule has 0 bridgehead atoms. The Hall–Kier alpha value is -1.04. The number of nitrogens with zero attached hydrogens (tertiary/aromatic N) is 2. The highest BCUT2D eigenvalue weighted by Gasteiger charge is 2.41. The third-order valence-corrected chi connectivity index (χ3v) is 2.73. The average molecular weight is 249 g/mol. The van der Waals surface area contributed by atoms with Gasteiger partial charge < -0.3 is 5.73 Å². The Morgan fingerprint density at radius 3 is 2.35 bits per heavy atom. The molecule has 98 valence electrons. The predicted molar refractivity (Wildman–Crippen MR) is 59.8 cm³/mol. The van der Waals surface area contributed by atoms with Crippen LogP contribution in [-0.2, 0) is 7.05 Å². The largest absolute Gasteiger partial charge is 0.397 e. The molecule has 3 nitrogen and oxygen atoms in total. The molecule has 1 aromatic rings. The standard InChI is InChI=1S/C11H18F3N3/c1-7(2)9-6-10(17(3)16-9)8(4-5-15)11(12,13)14/h6-8H,4-5,15H2,1-3H3. The van der Waals surface area contributed by atoms with Crippen LogP contribution in [0.2, 0.25) is 0 Å². The number of aryl methyl sites for hydroxylation is 1. The zero-order valence-corrected chi connectivity index (χ0v) is 10.3. The Morgan fingerprint density at radius 2 is 2.00 bits per heavy atom. The Kier molecular flexibility index (Phi) is 4.19. The summed E-state index contributed by atoms with van der Waals surface area (Å²) in [7, 11) is 1.54. The van der Waals surface area contributed by atoms with Gasteiger partial charge in [-0.15, -0.1) is 0 Å². The fourth-order valence-electron chi connectivity index (χ4n) is 1.76. The summed E-state index contributed by atoms with van der Waals surface area (Å²) < 4.78 is 40.0. The van der Waals surface area contributed by atoms with Crippen molar-refractivity contribution < 1.29 is 13.2 Å². The molecule has 0 saturated heterocycles. The van der Waals surface area contributed by atoms with E-state index in [0.717, 1.165) is 0 Å². The molecule has 0 aliphatic carbocycles. The van der Waals surface area contributed by atoms with E-state index in [1.165, 1.54) is 17.8 Å². The van der Waals surface area contributed by atoms with Gasteiger partial charge in [0, 0.05) is 7.05 Å². The van der Waals surface area contributed by atoms with Crippen molar-refractivity contribution >= 4 is 0 Å². The third kappa shape index (κ3) is 3.21. The van der Waals surface area contributed by atoms with Crippen LogP contribution in [0.15, 0.2) is 6.07 Å². The molecule has 17 heavy (non-hydrogen) atoms. The Balaban J connectivity index is 3.10. The van der Waals surface area contributed by atoms with Gasteiger partial charge >= 0.3 is 6.18 Å². The van der Waals surface area contributed by atoms with Gasteiger partial charge in [0.05, 0.1) is 17.3 Å². The monoisotopic (exact) mass is 249 g/mol. The summed E-state index contributed by atoms with van der Waals surface area (Å²) in [6.45, 7) is 3.81. The van der Waals surface area contributed by atoms with E-state index in [0.29, 0.717) is 5.69 Å². The van der Waals surface area contributed by atoms with Gasteiger partial charge in [0.1, 0.15) is 0 Å². The number of rotatable bonds is 4. The lowest BCUT2D eigenvalue weighted by atomic mass is 9.99. The summed E-state index contributed by atoms with van der Waals surface area (Å²) in [5.41, 5.74) is 6.11. The first-order chi connectivity index (χ1) is 7.77. The minimum atomic E-state index is -4.28. The molecule has 0 spiro atoms. The molecule has 1 rings (SSSR count). The van der Waals surface area contributed by atoms with E-state index in [-0.39, 0.29) is 24.6 Å². The van der Waals surface area contributed by atoms with Crippen molar-refractivity contribution in [3.8, 4) is 0 Å². The van der Waals surface area contributed by atoms with Crippen molar-refractivity contribution in [2.75, 3.05) is 6.54 Å². The van der Waals surface area contributed by atoms with E-state index in [9.17, 15) is 13.2 Å². The molecule has 0 saturated carbocycles. The minimum absolute atomic E-state index is 0.00632. The molecule has 6 heteroatoms. The molecule has 0 aliphatic heterocycles. The van der Waals surface area contributed by atoms with Crippen LogP contribution in [0.4, 0.5) is 13.2 Å². The van der Waals surface area contributed by atoms with E-state index in [1.54, 1.807) is 0 Å². The van der Waals surface area contributed by atoms with Crippen molar-refractivity contribution in [2.24, 2.45) is 12.8 Å². The molecular formula is C11H18F3N3. The Morgan fingerprint density at radius 1 is 1.41 bits per heavy atom. The van der Waals surface area contributed by atoms with Crippen molar-refractivity contribution in [2.45, 2.75) is 38.3 Å². The maximum absolute atomic E-state index is 12.9. The van der Waals surface area contributed by atoms with Gasteiger partial charge in [-0.25, -0.2) is 0 Å². The van der Waals surface area contributed by atoms with E-state index in [2.05, 4.69) is 5.10 Å². The number of hydrogen-bond acceptors (Lipinski definition) is 2. The van der Waals surface area contributed by atoms with Crippen LogP contribution in [0.25, 0.3) is 0 Å². The van der Waals surface area contributed by atoms with E-state index in [4.69, 9.17) is 5.73 Å². The number of hydrogen-bond donors (Lipinski definition) is 1. The van der Waals surface area contributed by atoms with E-state index < -0.39 is 12.1 Å². The van der Waals surface area contributed by atoms with E-state index in [1.807, 2.05) is 13.8 Å². The minimum Gasteiger partial charge on any atom is -0.330 e. The SMILES string of the molecule is CC(C)c1cc(C(CCN)C(F)(F)F)n(C)n1. The Bertz CT molecular complexity index is 369. The molecule has 1 aromatic heterocycles. The van der Waals surface area contributed by atoms with Gasteiger partial charge in [0.2, 0.25) is 0 Å². The van der Waals surface area contributed by atoms with E-state index >= 15 is 0 Å². The summed E-state index contributed by atoms with van der Waals surface area (Å²) in [5, 5.41) is 4.10. The van der Waals surface area contributed by atoms with Crippen LogP contribution in [0.5, 0.6) is 0 Å². The van der Waals surface area contributed by atoms with Crippen molar-refractivity contribution in [3.63, 3.8) is 0 Å². The molecule has 0 fully saturated rings. The molecular weight excluding hydrogens is 231 g/mol. The first kappa shape index (κ1) is 14.0. The topological polar surface area (TPSA) is 43.8 Å². The van der Waals surface area contributed by atoms with Gasteiger partial charge in [0.15, 0.2) is 0 Å². The fourth-order valence-corrected chi connectivity index (χ4v) is 1.76. The summed E-state index contributed by atoms with van der Waals surface area (Å²) in [4.78, 5) is 0. The number of aromatic nitrogens is 2. The van der Waals surface area contributed by atoms with Gasteiger partial charge in [0.25, 0.3) is 0 Å². The first-order valence-electron chi connectivity index (χ1n) is 5.58. The highest BCUT2D eigenvalue weighted by atomic mass is 19.4. The molecule has 1 atom stereocenters. The van der Waals surface area contributed by atoms with Crippen LogP contribution >= 0.6 is 0 Å². The summed E-state index contributed by atoms with van der Waals surface area (Å²) in [6.07, 6.45) is -4.39. The number of alkyl halides is 3. The summed E-state index contributed by atoms with van der Waals surface area (Å²) >= 11 is 0. The highest BCUT2D eigenvalue weighted by molar-refractivity contribution is 5.18. The summed E-state index contributed by atoms with van der Waals surface area (Å²) in [6, 6.07) is 1.53. The van der Waals surface area contributed by atoms with Crippen molar-refractivity contribution in [1.29, 1.82) is 0 Å². The van der Waals surface area contributed by atoms with Crippen molar-refractivity contribution in [1.82, 2.24) is 9.78 Å². The summed E-state index contributed by atoms with van der Waals surface area (Å²) in [5.74, 6) is -1.42. The third-order valence-electron chi connectivity index (χ3n) is 2.73. The Labute approximate surface area is 98.8 Å². The maximum Gasteiger partial charge on any atom is 0.397 e. The molecule has 0 aliphatic rings. The molecule has 0 amide bonds. The number of halogens is 3. The van der Waals surface area contributed by atoms with Crippen LogP contribution in [0.1, 0.15) is 43.5 Å². The van der Waals surface area contributed by atoms with Crippen LogP contribution in [-0.4, -0.2) is 22.5 Å². The maximum atomic E-state index is 12.9. The quantitative estimate of drug-likeness (QED) is 0.891. The smallest absolute Gasteiger partial charge is 0.330 e. The first-order valence-corrected chi connectivity index (χ1v) is 5.58. The molecule has 0 radical (unpaired) electrons. The second kappa shape index (κ2) is 5.08. The second-order valence-corrected chi connectivity index (χ2v) is 4.44. The lowest BCUT2D eigenvalue weighted by molar-refractivity contribution is -0.152.